The van der Waals surface area contributed by atoms with E-state index in [0.717, 1.165) is 34.0 Å². The van der Waals surface area contributed by atoms with E-state index in [4.69, 9.17) is 0 Å². The molecule has 7 heteroatoms. The van der Waals surface area contributed by atoms with Crippen LogP contribution in [0.4, 0.5) is 13.2 Å². The summed E-state index contributed by atoms with van der Waals surface area (Å²) in [7, 11) is 0. The Hall–Kier alpha value is -2.67. The van der Waals surface area contributed by atoms with E-state index < -0.39 is 11.7 Å². The number of halogens is 3. The zero-order chi connectivity index (χ0) is 20.1. The molecule has 0 spiro atoms. The Labute approximate surface area is 165 Å². The van der Waals surface area contributed by atoms with E-state index in [-0.39, 0.29) is 12.3 Å². The van der Waals surface area contributed by atoms with Gasteiger partial charge in [-0.3, -0.25) is 4.79 Å². The number of alkyl halides is 3. The smallest absolute Gasteiger partial charge is 0.355 e. The number of rotatable bonds is 6. The predicted octanol–water partition coefficient (Wildman–Crippen LogP) is 5.04. The van der Waals surface area contributed by atoms with Crippen molar-refractivity contribution < 1.29 is 18.0 Å². The minimum absolute atomic E-state index is 0.0773. The van der Waals surface area contributed by atoms with Crippen LogP contribution in [0, 0.1) is 6.92 Å². The van der Waals surface area contributed by atoms with Crippen molar-refractivity contribution in [3.05, 3.63) is 75.6 Å². The van der Waals surface area contributed by atoms with E-state index in [0.29, 0.717) is 18.5 Å². The highest BCUT2D eigenvalue weighted by Crippen LogP contribution is 2.29. The number of hydrogen-bond donors (Lipinski definition) is 1. The minimum atomic E-state index is -4.41. The largest absolute Gasteiger partial charge is 0.416 e. The van der Waals surface area contributed by atoms with Gasteiger partial charge in [0.1, 0.15) is 0 Å². The van der Waals surface area contributed by atoms with Crippen molar-refractivity contribution in [3.63, 3.8) is 0 Å². The van der Waals surface area contributed by atoms with Gasteiger partial charge in [-0.15, -0.1) is 11.3 Å². The van der Waals surface area contributed by atoms with Gasteiger partial charge in [0.05, 0.1) is 22.7 Å². The Bertz CT molecular complexity index is 949. The number of carbonyl (C=O) groups is 1. The van der Waals surface area contributed by atoms with Gasteiger partial charge < -0.3 is 5.32 Å². The third kappa shape index (κ3) is 5.42. The number of amides is 1. The van der Waals surface area contributed by atoms with Crippen LogP contribution in [0.2, 0.25) is 0 Å². The minimum Gasteiger partial charge on any atom is -0.355 e. The molecule has 1 aromatic heterocycles. The molecule has 146 valence electrons. The molecule has 0 aliphatic rings. The van der Waals surface area contributed by atoms with Crippen LogP contribution in [0.25, 0.3) is 11.3 Å². The van der Waals surface area contributed by atoms with Crippen LogP contribution in [0.1, 0.15) is 21.7 Å². The number of carbonyl (C=O) groups excluding carboxylic acids is 1. The summed E-state index contributed by atoms with van der Waals surface area (Å²) < 4.78 is 38.2. The standard InChI is InChI=1S/C21H19F3N2OS/c1-14-26-19(13-28-14)17-7-5-15(6-8-17)9-10-25-20(27)12-16-3-2-4-18(11-16)21(22,23)24/h2-8,11,13H,9-10,12H2,1H3,(H,25,27). The summed E-state index contributed by atoms with van der Waals surface area (Å²) in [5.74, 6) is -0.297. The third-order valence-electron chi connectivity index (χ3n) is 4.22. The van der Waals surface area contributed by atoms with Crippen molar-refractivity contribution in [2.45, 2.75) is 25.9 Å². The molecule has 2 aromatic carbocycles. The molecule has 1 amide bonds. The Morgan fingerprint density at radius 3 is 2.50 bits per heavy atom. The fraction of sp³-hybridized carbons (Fsp3) is 0.238. The number of hydrogen-bond acceptors (Lipinski definition) is 3. The molecule has 0 aliphatic heterocycles. The summed E-state index contributed by atoms with van der Waals surface area (Å²) in [5.41, 5.74) is 2.66. The maximum atomic E-state index is 12.7. The molecule has 28 heavy (non-hydrogen) atoms. The van der Waals surface area contributed by atoms with E-state index >= 15 is 0 Å². The van der Waals surface area contributed by atoms with E-state index in [1.807, 2.05) is 36.6 Å². The molecule has 0 fully saturated rings. The molecular weight excluding hydrogens is 385 g/mol. The highest BCUT2D eigenvalue weighted by molar-refractivity contribution is 7.09. The number of nitrogens with one attached hydrogen (secondary N) is 1. The molecule has 1 heterocycles. The van der Waals surface area contributed by atoms with Gasteiger partial charge in [0.25, 0.3) is 0 Å². The summed E-state index contributed by atoms with van der Waals surface area (Å²) in [5, 5.41) is 5.79. The molecule has 1 N–H and O–H groups in total. The second kappa shape index (κ2) is 8.56. The van der Waals surface area contributed by atoms with Crippen molar-refractivity contribution in [3.8, 4) is 11.3 Å². The summed E-state index contributed by atoms with van der Waals surface area (Å²) >= 11 is 1.60. The van der Waals surface area contributed by atoms with Crippen molar-refractivity contribution in [2.75, 3.05) is 6.54 Å². The average molecular weight is 404 g/mol. The SMILES string of the molecule is Cc1nc(-c2ccc(CCNC(=O)Cc3cccc(C(F)(F)F)c3)cc2)cs1. The fourth-order valence-electron chi connectivity index (χ4n) is 2.79. The van der Waals surface area contributed by atoms with Crippen molar-refractivity contribution in [2.24, 2.45) is 0 Å². The lowest BCUT2D eigenvalue weighted by atomic mass is 10.1. The van der Waals surface area contributed by atoms with Crippen LogP contribution < -0.4 is 5.32 Å². The van der Waals surface area contributed by atoms with Crippen molar-refractivity contribution >= 4 is 17.2 Å². The second-order valence-corrected chi connectivity index (χ2v) is 7.49. The summed E-state index contributed by atoms with van der Waals surface area (Å²) in [6, 6.07) is 12.8. The molecule has 0 unspecified atom stereocenters. The van der Waals surface area contributed by atoms with Gasteiger partial charge in [-0.25, -0.2) is 4.98 Å². The number of thiazole rings is 1. The molecule has 0 aliphatic carbocycles. The van der Waals surface area contributed by atoms with E-state index in [9.17, 15) is 18.0 Å². The van der Waals surface area contributed by atoms with E-state index in [2.05, 4.69) is 10.3 Å². The highest BCUT2D eigenvalue weighted by atomic mass is 32.1. The van der Waals surface area contributed by atoms with E-state index in [1.165, 1.54) is 12.1 Å². The van der Waals surface area contributed by atoms with Gasteiger partial charge in [0.15, 0.2) is 0 Å². The van der Waals surface area contributed by atoms with Gasteiger partial charge in [0, 0.05) is 17.5 Å². The van der Waals surface area contributed by atoms with Gasteiger partial charge in [-0.1, -0.05) is 42.5 Å². The van der Waals surface area contributed by atoms with Crippen molar-refractivity contribution in [1.29, 1.82) is 0 Å². The van der Waals surface area contributed by atoms with Crippen LogP contribution in [-0.4, -0.2) is 17.4 Å². The average Bonchev–Trinajstić information content (AvgIpc) is 3.08. The van der Waals surface area contributed by atoms with E-state index in [1.54, 1.807) is 11.3 Å². The van der Waals surface area contributed by atoms with Gasteiger partial charge >= 0.3 is 6.18 Å². The zero-order valence-corrected chi connectivity index (χ0v) is 16.0. The molecule has 0 saturated carbocycles. The number of benzene rings is 2. The molecule has 0 atom stereocenters. The first-order chi connectivity index (χ1) is 13.3. The summed E-state index contributed by atoms with van der Waals surface area (Å²) in [6.07, 6.45) is -3.84. The first-order valence-electron chi connectivity index (χ1n) is 8.75. The Morgan fingerprint density at radius 2 is 1.86 bits per heavy atom. The maximum absolute atomic E-state index is 12.7. The zero-order valence-electron chi connectivity index (χ0n) is 15.2. The second-order valence-electron chi connectivity index (χ2n) is 6.42. The summed E-state index contributed by atoms with van der Waals surface area (Å²) in [6.45, 7) is 2.39. The van der Waals surface area contributed by atoms with Crippen LogP contribution in [0.15, 0.2) is 53.9 Å². The molecule has 0 bridgehead atoms. The summed E-state index contributed by atoms with van der Waals surface area (Å²) in [4.78, 5) is 16.5. The lowest BCUT2D eigenvalue weighted by Gasteiger charge is -2.09. The fourth-order valence-corrected chi connectivity index (χ4v) is 3.41. The van der Waals surface area contributed by atoms with Crippen LogP contribution in [-0.2, 0) is 23.8 Å². The number of aromatic nitrogens is 1. The third-order valence-corrected chi connectivity index (χ3v) is 5.00. The Balaban J connectivity index is 1.49. The molecular formula is C21H19F3N2OS. The number of aryl methyl sites for hydroxylation is 1. The first kappa shape index (κ1) is 20.1. The van der Waals surface area contributed by atoms with Crippen molar-refractivity contribution in [1.82, 2.24) is 10.3 Å². The quantitative estimate of drug-likeness (QED) is 0.626. The normalized spacial score (nSPS) is 11.4. The predicted molar refractivity (Wildman–Crippen MR) is 104 cm³/mol. The van der Waals surface area contributed by atoms with Crippen LogP contribution >= 0.6 is 11.3 Å². The topological polar surface area (TPSA) is 42.0 Å². The monoisotopic (exact) mass is 404 g/mol. The van der Waals surface area contributed by atoms with Gasteiger partial charge in [-0.05, 0) is 30.5 Å². The Morgan fingerprint density at radius 1 is 1.11 bits per heavy atom. The molecule has 0 saturated heterocycles. The van der Waals surface area contributed by atoms with Crippen LogP contribution in [0.3, 0.4) is 0 Å². The van der Waals surface area contributed by atoms with Gasteiger partial charge in [-0.2, -0.15) is 13.2 Å². The molecule has 3 rings (SSSR count). The van der Waals surface area contributed by atoms with Gasteiger partial charge in [0.2, 0.25) is 5.91 Å². The highest BCUT2D eigenvalue weighted by Gasteiger charge is 2.30. The lowest BCUT2D eigenvalue weighted by Crippen LogP contribution is -2.27. The number of nitrogens with zero attached hydrogens (tertiary/aromatic N) is 1. The Kier molecular flexibility index (Phi) is 6.14. The lowest BCUT2D eigenvalue weighted by molar-refractivity contribution is -0.137. The maximum Gasteiger partial charge on any atom is 0.416 e. The first-order valence-corrected chi connectivity index (χ1v) is 9.63. The molecule has 0 radical (unpaired) electrons. The molecule has 3 nitrogen and oxygen atoms in total. The molecule has 3 aromatic rings. The van der Waals surface area contributed by atoms with Crippen LogP contribution in [0.5, 0.6) is 0 Å².